The third kappa shape index (κ3) is 4.36. The zero-order valence-electron chi connectivity index (χ0n) is 16.1. The van der Waals surface area contributed by atoms with E-state index in [0.717, 1.165) is 17.0 Å². The Morgan fingerprint density at radius 3 is 2.47 bits per heavy atom. The Bertz CT molecular complexity index is 1150. The number of hydrogen-bond acceptors (Lipinski definition) is 6. The van der Waals surface area contributed by atoms with E-state index in [-0.39, 0.29) is 18.0 Å². The Morgan fingerprint density at radius 2 is 1.83 bits per heavy atom. The van der Waals surface area contributed by atoms with Crippen LogP contribution in [0.15, 0.2) is 81.0 Å². The molecule has 0 bridgehead atoms. The van der Waals surface area contributed by atoms with Gasteiger partial charge in [-0.2, -0.15) is 0 Å². The average Bonchev–Trinajstić information content (AvgIpc) is 3.27. The van der Waals surface area contributed by atoms with Gasteiger partial charge in [-0.15, -0.1) is 0 Å². The van der Waals surface area contributed by atoms with Gasteiger partial charge in [0.25, 0.3) is 5.91 Å². The number of carboxylic acids is 1. The molecule has 1 amide bonds. The molecule has 0 aliphatic carbocycles. The lowest BCUT2D eigenvalue weighted by Crippen LogP contribution is -2.28. The van der Waals surface area contributed by atoms with Crippen molar-refractivity contribution in [2.24, 2.45) is 4.99 Å². The molecule has 0 spiro atoms. The maximum atomic E-state index is 13.1. The molecule has 0 unspecified atom stereocenters. The Labute approximate surface area is 177 Å². The first-order valence-corrected chi connectivity index (χ1v) is 10.0. The van der Waals surface area contributed by atoms with Crippen molar-refractivity contribution in [1.82, 2.24) is 4.90 Å². The number of aryl methyl sites for hydroxylation is 1. The number of aliphatic imine (C=N–C) groups is 1. The van der Waals surface area contributed by atoms with Crippen LogP contribution in [0.4, 0.5) is 5.69 Å². The van der Waals surface area contributed by atoms with Gasteiger partial charge in [0, 0.05) is 6.08 Å². The summed E-state index contributed by atoms with van der Waals surface area (Å²) in [4.78, 5) is 30.8. The van der Waals surface area contributed by atoms with Crippen molar-refractivity contribution < 1.29 is 19.1 Å². The number of thioether (sulfide) groups is 1. The lowest BCUT2D eigenvalue weighted by molar-refractivity contribution is -0.255. The molecule has 4 rings (SSSR count). The number of carbonyl (C=O) groups excluding carboxylic acids is 2. The van der Waals surface area contributed by atoms with E-state index >= 15 is 0 Å². The number of amidine groups is 1. The number of carbonyl (C=O) groups is 2. The maximum absolute atomic E-state index is 13.1. The van der Waals surface area contributed by atoms with Crippen molar-refractivity contribution in [3.05, 3.63) is 94.3 Å². The van der Waals surface area contributed by atoms with E-state index in [9.17, 15) is 14.7 Å². The summed E-state index contributed by atoms with van der Waals surface area (Å²) in [6.07, 6.45) is 1.71. The molecule has 0 atom stereocenters. The first-order chi connectivity index (χ1) is 14.5. The average molecular weight is 417 g/mol. The fourth-order valence-corrected chi connectivity index (χ4v) is 3.91. The van der Waals surface area contributed by atoms with Crippen LogP contribution in [0.2, 0.25) is 0 Å². The van der Waals surface area contributed by atoms with Crippen molar-refractivity contribution in [1.29, 1.82) is 0 Å². The zero-order chi connectivity index (χ0) is 21.1. The van der Waals surface area contributed by atoms with E-state index in [1.165, 1.54) is 23.9 Å². The first kappa shape index (κ1) is 19.7. The fraction of sp³-hybridized carbons (Fsp3) is 0.0870. The largest absolute Gasteiger partial charge is 0.545 e. The van der Waals surface area contributed by atoms with Crippen LogP contribution >= 0.6 is 11.8 Å². The standard InChI is InChI=1S/C23H18N2O4S/c1-15-7-12-19(29-15)13-20-21(26)25(14-16-8-10-17(11-9-16)22(27)28)23(30-20)24-18-5-3-2-4-6-18/h2-13H,14H2,1H3,(H,27,28)/p-1/b20-13-,24-23?. The van der Waals surface area contributed by atoms with E-state index in [4.69, 9.17) is 4.42 Å². The molecular formula is C23H17N2O4S-. The summed E-state index contributed by atoms with van der Waals surface area (Å²) in [7, 11) is 0. The van der Waals surface area contributed by atoms with Crippen molar-refractivity contribution in [3.63, 3.8) is 0 Å². The normalized spacial score (nSPS) is 16.6. The third-order valence-corrected chi connectivity index (χ3v) is 5.44. The fourth-order valence-electron chi connectivity index (χ4n) is 2.93. The molecular weight excluding hydrogens is 400 g/mol. The lowest BCUT2D eigenvalue weighted by atomic mass is 10.1. The maximum Gasteiger partial charge on any atom is 0.267 e. The van der Waals surface area contributed by atoms with Crippen LogP contribution in [0, 0.1) is 6.92 Å². The molecule has 7 heteroatoms. The molecule has 1 aromatic heterocycles. The number of carboxylic acid groups (broad SMARTS) is 1. The molecule has 1 aliphatic heterocycles. The number of furan rings is 1. The van der Waals surface area contributed by atoms with E-state index in [0.29, 0.717) is 15.8 Å². The van der Waals surface area contributed by atoms with Gasteiger partial charge in [-0.25, -0.2) is 4.99 Å². The highest BCUT2D eigenvalue weighted by molar-refractivity contribution is 8.18. The molecule has 6 nitrogen and oxygen atoms in total. The molecule has 150 valence electrons. The summed E-state index contributed by atoms with van der Waals surface area (Å²) in [5.74, 6) is -0.0599. The molecule has 30 heavy (non-hydrogen) atoms. The number of amides is 1. The van der Waals surface area contributed by atoms with Crippen LogP contribution in [0.5, 0.6) is 0 Å². The Balaban J connectivity index is 1.66. The molecule has 1 aliphatic rings. The Hall–Kier alpha value is -3.58. The van der Waals surface area contributed by atoms with Gasteiger partial charge in [0.1, 0.15) is 11.5 Å². The van der Waals surface area contributed by atoms with Gasteiger partial charge in [-0.05, 0) is 54.1 Å². The van der Waals surface area contributed by atoms with Crippen LogP contribution < -0.4 is 5.11 Å². The predicted octanol–water partition coefficient (Wildman–Crippen LogP) is 3.76. The van der Waals surface area contributed by atoms with E-state index < -0.39 is 5.97 Å². The van der Waals surface area contributed by atoms with E-state index in [1.807, 2.05) is 49.4 Å². The SMILES string of the molecule is Cc1ccc(/C=C2\SC(=Nc3ccccc3)N(Cc3ccc(C(=O)[O-])cc3)C2=O)o1. The molecule has 1 saturated heterocycles. The number of aromatic carboxylic acids is 1. The van der Waals surface area contributed by atoms with Crippen LogP contribution in [0.1, 0.15) is 27.4 Å². The molecule has 0 N–H and O–H groups in total. The Morgan fingerprint density at radius 1 is 1.10 bits per heavy atom. The van der Waals surface area contributed by atoms with Gasteiger partial charge in [0.2, 0.25) is 0 Å². The highest BCUT2D eigenvalue weighted by atomic mass is 32.2. The highest BCUT2D eigenvalue weighted by Crippen LogP contribution is 2.35. The smallest absolute Gasteiger partial charge is 0.267 e. The number of nitrogens with zero attached hydrogens (tertiary/aromatic N) is 2. The molecule has 0 saturated carbocycles. The summed E-state index contributed by atoms with van der Waals surface area (Å²) < 4.78 is 5.57. The highest BCUT2D eigenvalue weighted by Gasteiger charge is 2.33. The second-order valence-electron chi connectivity index (χ2n) is 6.66. The van der Waals surface area contributed by atoms with Crippen molar-refractivity contribution >= 4 is 40.6 Å². The van der Waals surface area contributed by atoms with Gasteiger partial charge < -0.3 is 14.3 Å². The predicted molar refractivity (Wildman–Crippen MR) is 114 cm³/mol. The lowest BCUT2D eigenvalue weighted by Gasteiger charge is -2.16. The molecule has 3 aromatic rings. The van der Waals surface area contributed by atoms with E-state index in [2.05, 4.69) is 4.99 Å². The summed E-state index contributed by atoms with van der Waals surface area (Å²) >= 11 is 1.28. The second-order valence-corrected chi connectivity index (χ2v) is 7.67. The molecule has 2 heterocycles. The quantitative estimate of drug-likeness (QED) is 0.590. The van der Waals surface area contributed by atoms with Crippen molar-refractivity contribution in [2.45, 2.75) is 13.5 Å². The van der Waals surface area contributed by atoms with Crippen LogP contribution in [0.3, 0.4) is 0 Å². The minimum Gasteiger partial charge on any atom is -0.545 e. The summed E-state index contributed by atoms with van der Waals surface area (Å²) in [6, 6.07) is 19.3. The minimum absolute atomic E-state index is 0.0906. The number of benzene rings is 2. The first-order valence-electron chi connectivity index (χ1n) is 9.21. The number of hydrogen-bond donors (Lipinski definition) is 0. The van der Waals surface area contributed by atoms with Crippen molar-refractivity contribution in [2.75, 3.05) is 0 Å². The van der Waals surface area contributed by atoms with Gasteiger partial charge in [0.15, 0.2) is 5.17 Å². The van der Waals surface area contributed by atoms with Crippen molar-refractivity contribution in [3.8, 4) is 0 Å². The topological polar surface area (TPSA) is 85.9 Å². The van der Waals surface area contributed by atoms with Gasteiger partial charge in [0.05, 0.1) is 23.1 Å². The van der Waals surface area contributed by atoms with Crippen LogP contribution in [0.25, 0.3) is 6.08 Å². The summed E-state index contributed by atoms with van der Waals surface area (Å²) in [5, 5.41) is 11.5. The molecule has 2 aromatic carbocycles. The monoisotopic (exact) mass is 417 g/mol. The number of rotatable bonds is 5. The second kappa shape index (κ2) is 8.42. The van der Waals surface area contributed by atoms with Gasteiger partial charge in [-0.1, -0.05) is 42.5 Å². The number of para-hydroxylation sites is 1. The van der Waals surface area contributed by atoms with Gasteiger partial charge in [-0.3, -0.25) is 9.69 Å². The third-order valence-electron chi connectivity index (χ3n) is 4.43. The summed E-state index contributed by atoms with van der Waals surface area (Å²) in [6.45, 7) is 2.11. The van der Waals surface area contributed by atoms with E-state index in [1.54, 1.807) is 23.1 Å². The van der Waals surface area contributed by atoms with Crippen LogP contribution in [-0.4, -0.2) is 21.9 Å². The van der Waals surface area contributed by atoms with Gasteiger partial charge >= 0.3 is 0 Å². The van der Waals surface area contributed by atoms with Crippen LogP contribution in [-0.2, 0) is 11.3 Å². The molecule has 0 radical (unpaired) electrons. The molecule has 1 fully saturated rings. The minimum atomic E-state index is -1.24. The summed E-state index contributed by atoms with van der Waals surface area (Å²) in [5.41, 5.74) is 1.61. The zero-order valence-corrected chi connectivity index (χ0v) is 16.9. The Kier molecular flexibility index (Phi) is 5.54.